The van der Waals surface area contributed by atoms with E-state index in [9.17, 15) is 18.4 Å². The summed E-state index contributed by atoms with van der Waals surface area (Å²) >= 11 is 0. The average Bonchev–Trinajstić information content (AvgIpc) is 3.19. The van der Waals surface area contributed by atoms with Gasteiger partial charge in [-0.1, -0.05) is 34.1 Å². The zero-order chi connectivity index (χ0) is 20.8. The van der Waals surface area contributed by atoms with Gasteiger partial charge < -0.3 is 10.5 Å². The van der Waals surface area contributed by atoms with Crippen LogP contribution in [0.15, 0.2) is 36.4 Å². The van der Waals surface area contributed by atoms with Gasteiger partial charge in [0.1, 0.15) is 17.4 Å². The lowest BCUT2D eigenvalue weighted by Gasteiger charge is -2.11. The first-order valence-electron chi connectivity index (χ1n) is 9.32. The normalized spacial score (nSPS) is 16.0. The Balaban J connectivity index is 1.64. The molecule has 1 saturated heterocycles. The number of esters is 1. The smallest absolute Gasteiger partial charge is 0.311 e. The Morgan fingerprint density at radius 1 is 1.14 bits per heavy atom. The summed E-state index contributed by atoms with van der Waals surface area (Å²) in [6.45, 7) is 0. The van der Waals surface area contributed by atoms with Crippen LogP contribution in [0.3, 0.4) is 0 Å². The first-order chi connectivity index (χ1) is 13.9. The van der Waals surface area contributed by atoms with E-state index in [-0.39, 0.29) is 23.3 Å². The maximum absolute atomic E-state index is 14.0. The zero-order valence-corrected chi connectivity index (χ0v) is 17.3. The van der Waals surface area contributed by atoms with E-state index in [2.05, 4.69) is 0 Å². The van der Waals surface area contributed by atoms with Crippen molar-refractivity contribution in [3.63, 3.8) is 0 Å². The van der Waals surface area contributed by atoms with Crippen molar-refractivity contribution in [2.75, 3.05) is 5.75 Å². The number of amides is 1. The summed E-state index contributed by atoms with van der Waals surface area (Å²) in [6, 6.07) is 7.41. The highest BCUT2D eigenvalue weighted by Gasteiger charge is 2.18. The van der Waals surface area contributed by atoms with Gasteiger partial charge in [-0.25, -0.2) is 8.78 Å². The van der Waals surface area contributed by atoms with Crippen molar-refractivity contribution in [3.05, 3.63) is 53.6 Å². The lowest BCUT2D eigenvalue weighted by atomic mass is 10.0. The Bertz CT molecular complexity index is 901. The molecule has 1 fully saturated rings. The third-order valence-electron chi connectivity index (χ3n) is 4.60. The predicted octanol–water partition coefficient (Wildman–Crippen LogP) is 5.35. The van der Waals surface area contributed by atoms with Crippen LogP contribution in [0.2, 0.25) is 0 Å². The summed E-state index contributed by atoms with van der Waals surface area (Å²) < 4.78 is 32.5. The summed E-state index contributed by atoms with van der Waals surface area (Å²) in [5.74, 6) is -1.47. The number of unbranched alkanes of at least 4 members (excludes halogenated alkanes) is 1. The molecule has 1 aliphatic rings. The maximum Gasteiger partial charge on any atom is 0.311 e. The molecule has 0 saturated carbocycles. The summed E-state index contributed by atoms with van der Waals surface area (Å²) in [5, 5.41) is 0.664. The molecule has 154 valence electrons. The van der Waals surface area contributed by atoms with Crippen molar-refractivity contribution in [2.24, 2.45) is 5.73 Å². The van der Waals surface area contributed by atoms with Crippen LogP contribution in [0.25, 0.3) is 11.1 Å². The highest BCUT2D eigenvalue weighted by Crippen LogP contribution is 2.40. The van der Waals surface area contributed by atoms with Gasteiger partial charge in [0.15, 0.2) is 0 Å². The van der Waals surface area contributed by atoms with E-state index in [4.69, 9.17) is 10.5 Å². The number of primary amides is 1. The highest BCUT2D eigenvalue weighted by molar-refractivity contribution is 8.77. The van der Waals surface area contributed by atoms with Crippen LogP contribution in [0.1, 0.15) is 42.5 Å². The first kappa shape index (κ1) is 21.6. The molecule has 2 N–H and O–H groups in total. The monoisotopic (exact) mass is 437 g/mol. The minimum absolute atomic E-state index is 0.0287. The van der Waals surface area contributed by atoms with Gasteiger partial charge in [0, 0.05) is 29.1 Å². The molecular formula is C21H21F2NO3S2. The van der Waals surface area contributed by atoms with E-state index in [1.807, 2.05) is 21.6 Å². The van der Waals surface area contributed by atoms with Crippen molar-refractivity contribution < 1.29 is 23.1 Å². The van der Waals surface area contributed by atoms with Crippen LogP contribution >= 0.6 is 21.6 Å². The average molecular weight is 438 g/mol. The number of carbonyl (C=O) groups excluding carboxylic acids is 2. The minimum Gasteiger partial charge on any atom is -0.426 e. The van der Waals surface area contributed by atoms with Crippen LogP contribution in [0.4, 0.5) is 8.78 Å². The zero-order valence-electron chi connectivity index (χ0n) is 15.7. The Morgan fingerprint density at radius 2 is 1.97 bits per heavy atom. The second kappa shape index (κ2) is 10.1. The largest absolute Gasteiger partial charge is 0.426 e. The Kier molecular flexibility index (Phi) is 7.55. The Hall–Kier alpha value is -2.06. The van der Waals surface area contributed by atoms with Crippen molar-refractivity contribution in [2.45, 2.75) is 37.4 Å². The van der Waals surface area contributed by atoms with Gasteiger partial charge in [-0.2, -0.15) is 0 Å². The number of nitrogens with two attached hydrogens (primary N) is 1. The van der Waals surface area contributed by atoms with Crippen molar-refractivity contribution >= 4 is 33.5 Å². The number of rotatable bonds is 8. The predicted molar refractivity (Wildman–Crippen MR) is 113 cm³/mol. The summed E-state index contributed by atoms with van der Waals surface area (Å²) in [6.07, 6.45) is 4.19. The standard InChI is InChI=1S/C21H21F2NO3S2/c22-14-6-7-16(18(23)12-14)13-5-8-19(17(11-13)21(24)26)27-20(25)4-2-1-3-15-9-10-28-29-15/h5-8,11-12,15H,1-4,9-10H2,(H2,24,26). The summed E-state index contributed by atoms with van der Waals surface area (Å²) in [7, 11) is 3.80. The second-order valence-corrected chi connectivity index (χ2v) is 9.54. The quantitative estimate of drug-likeness (QED) is 0.261. The topological polar surface area (TPSA) is 69.4 Å². The fraction of sp³-hybridized carbons (Fsp3) is 0.333. The molecule has 0 radical (unpaired) electrons. The third kappa shape index (κ3) is 5.96. The lowest BCUT2D eigenvalue weighted by molar-refractivity contribution is -0.134. The molecule has 1 atom stereocenters. The third-order valence-corrected chi connectivity index (χ3v) is 7.60. The van der Waals surface area contributed by atoms with Crippen molar-refractivity contribution in [3.8, 4) is 16.9 Å². The molecule has 3 rings (SSSR count). The molecule has 1 amide bonds. The van der Waals surface area contributed by atoms with Gasteiger partial charge in [0.25, 0.3) is 5.91 Å². The molecule has 2 aromatic rings. The molecule has 0 bridgehead atoms. The maximum atomic E-state index is 14.0. The molecule has 0 spiro atoms. The Morgan fingerprint density at radius 3 is 2.66 bits per heavy atom. The van der Waals surface area contributed by atoms with Crippen LogP contribution in [-0.4, -0.2) is 22.9 Å². The number of hydrogen-bond donors (Lipinski definition) is 1. The van der Waals surface area contributed by atoms with E-state index in [1.54, 1.807) is 0 Å². The van der Waals surface area contributed by atoms with Gasteiger partial charge in [-0.3, -0.25) is 9.59 Å². The fourth-order valence-electron chi connectivity index (χ4n) is 3.08. The van der Waals surface area contributed by atoms with Gasteiger partial charge >= 0.3 is 5.97 Å². The highest BCUT2D eigenvalue weighted by atomic mass is 33.1. The van der Waals surface area contributed by atoms with Crippen LogP contribution < -0.4 is 10.5 Å². The van der Waals surface area contributed by atoms with Gasteiger partial charge in [0.2, 0.25) is 0 Å². The molecule has 2 aromatic carbocycles. The number of benzene rings is 2. The van der Waals surface area contributed by atoms with Gasteiger partial charge in [0.05, 0.1) is 5.56 Å². The number of hydrogen-bond acceptors (Lipinski definition) is 5. The minimum atomic E-state index is -0.798. The number of ether oxygens (including phenoxy) is 1. The number of carbonyl (C=O) groups is 2. The molecule has 8 heteroatoms. The molecule has 0 aliphatic carbocycles. The summed E-state index contributed by atoms with van der Waals surface area (Å²) in [5.41, 5.74) is 5.83. The molecule has 1 unspecified atom stereocenters. The Labute approximate surface area is 176 Å². The second-order valence-electron chi connectivity index (χ2n) is 6.75. The molecule has 1 aliphatic heterocycles. The van der Waals surface area contributed by atoms with Crippen LogP contribution in [-0.2, 0) is 4.79 Å². The molecule has 0 aromatic heterocycles. The number of halogens is 2. The van der Waals surface area contributed by atoms with Crippen LogP contribution in [0.5, 0.6) is 5.75 Å². The SMILES string of the molecule is NC(=O)c1cc(-c2ccc(F)cc2F)ccc1OC(=O)CCCCC1CCSS1. The van der Waals surface area contributed by atoms with Gasteiger partial charge in [-0.15, -0.1) is 0 Å². The van der Waals surface area contributed by atoms with E-state index in [1.165, 1.54) is 36.4 Å². The van der Waals surface area contributed by atoms with Crippen molar-refractivity contribution in [1.82, 2.24) is 0 Å². The van der Waals surface area contributed by atoms with Gasteiger partial charge in [-0.05, 0) is 49.1 Å². The van der Waals surface area contributed by atoms with E-state index < -0.39 is 23.5 Å². The van der Waals surface area contributed by atoms with Crippen LogP contribution in [0, 0.1) is 11.6 Å². The van der Waals surface area contributed by atoms with Crippen molar-refractivity contribution in [1.29, 1.82) is 0 Å². The first-order valence-corrected chi connectivity index (χ1v) is 11.7. The summed E-state index contributed by atoms with van der Waals surface area (Å²) in [4.78, 5) is 24.0. The molecule has 1 heterocycles. The van der Waals surface area contributed by atoms with E-state index in [0.717, 1.165) is 25.0 Å². The fourth-order valence-corrected chi connectivity index (χ4v) is 6.11. The molecular weight excluding hydrogens is 416 g/mol. The van der Waals surface area contributed by atoms with E-state index in [0.29, 0.717) is 17.2 Å². The lowest BCUT2D eigenvalue weighted by Crippen LogP contribution is -2.16. The molecule has 4 nitrogen and oxygen atoms in total. The molecule has 29 heavy (non-hydrogen) atoms. The van der Waals surface area contributed by atoms with E-state index >= 15 is 0 Å².